The summed E-state index contributed by atoms with van der Waals surface area (Å²) in [6, 6.07) is 18.5. The maximum Gasteiger partial charge on any atom is 0.264 e. The summed E-state index contributed by atoms with van der Waals surface area (Å²) in [4.78, 5) is 28.9. The fraction of sp³-hybridized carbons (Fsp3) is 0.310. The zero-order valence-corrected chi connectivity index (χ0v) is 26.4. The Morgan fingerprint density at radius 2 is 1.65 bits per heavy atom. The molecule has 0 radical (unpaired) electrons. The van der Waals surface area contributed by atoms with Crippen molar-refractivity contribution in [1.29, 1.82) is 0 Å². The molecule has 0 unspecified atom stereocenters. The Labute approximate surface area is 254 Å². The third-order valence-corrected chi connectivity index (χ3v) is 9.32. The van der Waals surface area contributed by atoms with Crippen molar-refractivity contribution in [3.8, 4) is 0 Å². The normalized spacial score (nSPS) is 12.8. The quantitative estimate of drug-likeness (QED) is 0.234. The number of amides is 2. The van der Waals surface area contributed by atoms with Gasteiger partial charge < -0.3 is 10.2 Å². The first-order valence-corrected chi connectivity index (χ1v) is 15.8. The number of nitrogens with one attached hydrogen (secondary N) is 1. The van der Waals surface area contributed by atoms with Crippen LogP contribution in [0.2, 0.25) is 10.0 Å². The lowest BCUT2D eigenvalue weighted by atomic mass is 10.1. The largest absolute Gasteiger partial charge is 0.352 e. The van der Waals surface area contributed by atoms with Gasteiger partial charge in [0.05, 0.1) is 10.6 Å². The van der Waals surface area contributed by atoms with Gasteiger partial charge in [-0.1, -0.05) is 83.3 Å². The van der Waals surface area contributed by atoms with E-state index in [0.29, 0.717) is 38.6 Å². The summed E-state index contributed by atoms with van der Waals surface area (Å²) in [5.74, 6) is -0.883. The number of anilines is 1. The minimum Gasteiger partial charge on any atom is -0.352 e. The minimum atomic E-state index is -4.14. The highest BCUT2D eigenvalue weighted by atomic mass is 79.9. The maximum absolute atomic E-state index is 14.1. The van der Waals surface area contributed by atoms with Crippen LogP contribution >= 0.6 is 39.1 Å². The summed E-state index contributed by atoms with van der Waals surface area (Å²) in [5.41, 5.74) is 0.877. The van der Waals surface area contributed by atoms with Gasteiger partial charge in [-0.05, 0) is 67.8 Å². The molecule has 11 heteroatoms. The number of hydrogen-bond donors (Lipinski definition) is 1. The van der Waals surface area contributed by atoms with Crippen molar-refractivity contribution in [2.75, 3.05) is 10.8 Å². The summed E-state index contributed by atoms with van der Waals surface area (Å²) in [7, 11) is -4.14. The lowest BCUT2D eigenvalue weighted by molar-refractivity contribution is -0.140. The van der Waals surface area contributed by atoms with Gasteiger partial charge in [-0.3, -0.25) is 13.9 Å². The molecule has 0 aliphatic heterocycles. The molecule has 0 saturated heterocycles. The molecule has 2 amide bonds. The van der Waals surface area contributed by atoms with Gasteiger partial charge in [0.25, 0.3) is 10.0 Å². The zero-order valence-electron chi connectivity index (χ0n) is 22.5. The number of carbonyl (C=O) groups excluding carboxylic acids is 2. The smallest absolute Gasteiger partial charge is 0.264 e. The van der Waals surface area contributed by atoms with E-state index in [0.717, 1.165) is 4.31 Å². The fourth-order valence-electron chi connectivity index (χ4n) is 4.07. The van der Waals surface area contributed by atoms with Crippen LogP contribution in [0, 0.1) is 0 Å². The number of sulfonamides is 1. The first-order valence-electron chi connectivity index (χ1n) is 12.8. The van der Waals surface area contributed by atoms with Crippen molar-refractivity contribution >= 4 is 66.7 Å². The van der Waals surface area contributed by atoms with Crippen LogP contribution < -0.4 is 9.62 Å². The highest BCUT2D eigenvalue weighted by molar-refractivity contribution is 9.10. The highest BCUT2D eigenvalue weighted by Gasteiger charge is 2.34. The zero-order chi connectivity index (χ0) is 29.4. The Kier molecular flexibility index (Phi) is 11.5. The molecular weight excluding hydrogens is 637 g/mol. The first kappa shape index (κ1) is 31.9. The first-order chi connectivity index (χ1) is 19.0. The van der Waals surface area contributed by atoms with Gasteiger partial charge in [-0.15, -0.1) is 0 Å². The molecule has 0 aliphatic carbocycles. The van der Waals surface area contributed by atoms with Crippen LogP contribution in [-0.4, -0.2) is 43.8 Å². The molecule has 7 nitrogen and oxygen atoms in total. The Morgan fingerprint density at radius 3 is 2.25 bits per heavy atom. The Bertz CT molecular complexity index is 1440. The average molecular weight is 669 g/mol. The number of nitrogens with zero attached hydrogens (tertiary/aromatic N) is 2. The summed E-state index contributed by atoms with van der Waals surface area (Å²) < 4.78 is 29.4. The second kappa shape index (κ2) is 14.3. The third-order valence-electron chi connectivity index (χ3n) is 6.45. The van der Waals surface area contributed by atoms with Gasteiger partial charge in [0.1, 0.15) is 12.6 Å². The van der Waals surface area contributed by atoms with E-state index in [9.17, 15) is 18.0 Å². The van der Waals surface area contributed by atoms with Crippen LogP contribution in [0.5, 0.6) is 0 Å². The second-order valence-electron chi connectivity index (χ2n) is 9.30. The van der Waals surface area contributed by atoms with Crippen LogP contribution in [0.1, 0.15) is 39.2 Å². The maximum atomic E-state index is 14.1. The van der Waals surface area contributed by atoms with E-state index in [1.54, 1.807) is 67.6 Å². The topological polar surface area (TPSA) is 86.8 Å². The average Bonchev–Trinajstić information content (AvgIpc) is 2.92. The number of carbonyl (C=O) groups is 2. The molecule has 40 heavy (non-hydrogen) atoms. The summed E-state index contributed by atoms with van der Waals surface area (Å²) in [6.45, 7) is 5.09. The van der Waals surface area contributed by atoms with Crippen molar-refractivity contribution in [2.45, 2.75) is 57.1 Å². The van der Waals surface area contributed by atoms with Crippen molar-refractivity contribution in [3.63, 3.8) is 0 Å². The van der Waals surface area contributed by atoms with Crippen LogP contribution in [0.4, 0.5) is 5.69 Å². The number of benzene rings is 3. The monoisotopic (exact) mass is 667 g/mol. The Balaban J connectivity index is 2.07. The van der Waals surface area contributed by atoms with Gasteiger partial charge >= 0.3 is 0 Å². The van der Waals surface area contributed by atoms with E-state index in [1.807, 2.05) is 13.8 Å². The SMILES string of the molecule is CC[C@H](C)NC(=O)[C@H](CC)N(Cc1ccc(Cl)cc1Cl)C(=O)CN(c1cccc(Br)c1)S(=O)(=O)c1ccccc1. The molecule has 0 fully saturated rings. The molecule has 214 valence electrons. The van der Waals surface area contributed by atoms with Crippen LogP contribution in [0.3, 0.4) is 0 Å². The van der Waals surface area contributed by atoms with Crippen molar-refractivity contribution in [1.82, 2.24) is 10.2 Å². The Morgan fingerprint density at radius 1 is 0.950 bits per heavy atom. The van der Waals surface area contributed by atoms with Gasteiger partial charge in [0.15, 0.2) is 0 Å². The predicted molar refractivity (Wildman–Crippen MR) is 164 cm³/mol. The van der Waals surface area contributed by atoms with E-state index in [2.05, 4.69) is 21.2 Å². The van der Waals surface area contributed by atoms with Crippen molar-refractivity contribution in [2.24, 2.45) is 0 Å². The van der Waals surface area contributed by atoms with E-state index in [-0.39, 0.29) is 23.4 Å². The van der Waals surface area contributed by atoms with E-state index in [4.69, 9.17) is 23.2 Å². The number of hydrogen-bond acceptors (Lipinski definition) is 4. The summed E-state index contributed by atoms with van der Waals surface area (Å²) >= 11 is 15.9. The van der Waals surface area contributed by atoms with Crippen LogP contribution in [-0.2, 0) is 26.2 Å². The summed E-state index contributed by atoms with van der Waals surface area (Å²) in [5, 5.41) is 3.72. The molecule has 0 aliphatic rings. The molecule has 0 bridgehead atoms. The van der Waals surface area contributed by atoms with E-state index >= 15 is 0 Å². The Hall–Kier alpha value is -2.59. The van der Waals surface area contributed by atoms with Gasteiger partial charge in [0, 0.05) is 27.1 Å². The van der Waals surface area contributed by atoms with Crippen molar-refractivity contribution in [3.05, 3.63) is 92.9 Å². The summed E-state index contributed by atoms with van der Waals surface area (Å²) in [6.07, 6.45) is 1.02. The van der Waals surface area contributed by atoms with Gasteiger partial charge in [-0.2, -0.15) is 0 Å². The molecular formula is C29H32BrCl2N3O4S. The van der Waals surface area contributed by atoms with Gasteiger partial charge in [0.2, 0.25) is 11.8 Å². The fourth-order valence-corrected chi connectivity index (χ4v) is 6.36. The molecule has 0 heterocycles. The van der Waals surface area contributed by atoms with Gasteiger partial charge in [-0.25, -0.2) is 8.42 Å². The highest BCUT2D eigenvalue weighted by Crippen LogP contribution is 2.28. The number of halogens is 3. The minimum absolute atomic E-state index is 0.0149. The standard InChI is InChI=1S/C29H32BrCl2N3O4S/c1-4-20(3)33-29(37)27(5-2)34(18-21-14-15-23(31)17-26(21)32)28(36)19-35(24-11-9-10-22(30)16-24)40(38,39)25-12-7-6-8-13-25/h6-17,20,27H,4-5,18-19H2,1-3H3,(H,33,37)/t20-,27-/m0/s1. The molecule has 3 aromatic carbocycles. The molecule has 2 atom stereocenters. The molecule has 0 spiro atoms. The van der Waals surface area contributed by atoms with E-state index < -0.39 is 28.5 Å². The third kappa shape index (κ3) is 8.00. The van der Waals surface area contributed by atoms with Crippen LogP contribution in [0.25, 0.3) is 0 Å². The molecule has 1 N–H and O–H groups in total. The second-order valence-corrected chi connectivity index (χ2v) is 12.9. The number of rotatable bonds is 12. The molecule has 3 rings (SSSR count). The van der Waals surface area contributed by atoms with Crippen molar-refractivity contribution < 1.29 is 18.0 Å². The lowest BCUT2D eigenvalue weighted by Crippen LogP contribution is -2.53. The predicted octanol–water partition coefficient (Wildman–Crippen LogP) is 6.67. The van der Waals surface area contributed by atoms with E-state index in [1.165, 1.54) is 17.0 Å². The molecule has 3 aromatic rings. The molecule has 0 saturated carbocycles. The molecule has 0 aromatic heterocycles. The lowest BCUT2D eigenvalue weighted by Gasteiger charge is -2.34. The van der Waals surface area contributed by atoms with Crippen LogP contribution in [0.15, 0.2) is 82.2 Å².